The van der Waals surface area contributed by atoms with Gasteiger partial charge in [0, 0.05) is 15.8 Å². The molecule has 1 aromatic heterocycles. The third-order valence-electron chi connectivity index (χ3n) is 2.47. The van der Waals surface area contributed by atoms with Gasteiger partial charge >= 0.3 is 11.8 Å². The minimum absolute atomic E-state index is 0.0300. The summed E-state index contributed by atoms with van der Waals surface area (Å²) in [5, 5.41) is 1.18. The summed E-state index contributed by atoms with van der Waals surface area (Å²) in [5.74, 6) is -2.72. The van der Waals surface area contributed by atoms with E-state index in [1.165, 1.54) is 11.8 Å². The Bertz CT molecular complexity index is 755. The van der Waals surface area contributed by atoms with Gasteiger partial charge in [0.25, 0.3) is 0 Å². The van der Waals surface area contributed by atoms with Gasteiger partial charge in [0.1, 0.15) is 23.3 Å². The van der Waals surface area contributed by atoms with E-state index in [1.54, 1.807) is 26.0 Å². The number of rotatable bonds is 11. The van der Waals surface area contributed by atoms with Crippen molar-refractivity contribution in [3.05, 3.63) is 33.8 Å². The third kappa shape index (κ3) is 7.41. The van der Waals surface area contributed by atoms with Crippen LogP contribution in [0.4, 0.5) is 0 Å². The van der Waals surface area contributed by atoms with Gasteiger partial charge in [0.05, 0.1) is 13.2 Å². The molecule has 0 aliphatic carbocycles. The van der Waals surface area contributed by atoms with Crippen LogP contribution in [0.1, 0.15) is 19.4 Å². The Balaban J connectivity index is 1.97. The average Bonchev–Trinajstić information content (AvgIpc) is 3.04. The molecule has 0 radical (unpaired) electrons. The van der Waals surface area contributed by atoms with Crippen LogP contribution in [0.25, 0.3) is 0 Å². The fraction of sp³-hybridized carbons (Fsp3) is 0.385. The zero-order valence-electron chi connectivity index (χ0n) is 13.7. The lowest BCUT2D eigenvalue weighted by molar-refractivity contribution is 0.396. The fourth-order valence-electron chi connectivity index (χ4n) is 1.45. The second kappa shape index (κ2) is 11.4. The predicted molar refractivity (Wildman–Crippen MR) is 113 cm³/mol. The molecule has 144 valence electrons. The van der Waals surface area contributed by atoms with E-state index in [-0.39, 0.29) is 6.01 Å². The second-order valence-corrected chi connectivity index (χ2v) is 13.5. The van der Waals surface area contributed by atoms with Crippen LogP contribution in [0.15, 0.2) is 22.5 Å². The highest BCUT2D eigenvalue weighted by Gasteiger charge is 2.32. The smallest absolute Gasteiger partial charge is 0.391 e. The van der Waals surface area contributed by atoms with Crippen molar-refractivity contribution in [1.82, 2.24) is 9.36 Å². The van der Waals surface area contributed by atoms with Gasteiger partial charge in [-0.1, -0.05) is 41.0 Å². The molecule has 26 heavy (non-hydrogen) atoms. The Labute approximate surface area is 178 Å². The number of aromatic nitrogens is 2. The van der Waals surface area contributed by atoms with Crippen molar-refractivity contribution in [2.24, 2.45) is 0 Å². The molecule has 0 fully saturated rings. The molecule has 0 aliphatic rings. The van der Waals surface area contributed by atoms with Gasteiger partial charge in [-0.15, -0.1) is 4.37 Å². The molecule has 0 aliphatic heterocycles. The number of hydrogen-bond acceptors (Lipinski definition) is 10. The van der Waals surface area contributed by atoms with E-state index in [0.29, 0.717) is 33.4 Å². The van der Waals surface area contributed by atoms with Gasteiger partial charge in [-0.3, -0.25) is 0 Å². The summed E-state index contributed by atoms with van der Waals surface area (Å²) < 4.78 is 33.2. The van der Waals surface area contributed by atoms with E-state index in [9.17, 15) is 4.57 Å². The van der Waals surface area contributed by atoms with Crippen LogP contribution in [-0.2, 0) is 18.7 Å². The van der Waals surface area contributed by atoms with E-state index in [0.717, 1.165) is 40.4 Å². The first-order valence-corrected chi connectivity index (χ1v) is 14.1. The lowest BCUT2D eigenvalue weighted by Gasteiger charge is -2.13. The van der Waals surface area contributed by atoms with Gasteiger partial charge < -0.3 is 12.9 Å². The third-order valence-corrected chi connectivity index (χ3v) is 9.63. The van der Waals surface area contributed by atoms with Crippen LogP contribution in [-0.4, -0.2) is 22.6 Å². The van der Waals surface area contributed by atoms with Crippen LogP contribution >= 0.6 is 75.6 Å². The zero-order chi connectivity index (χ0) is 19.0. The van der Waals surface area contributed by atoms with Crippen molar-refractivity contribution < 1.29 is 17.5 Å². The monoisotopic (exact) mass is 492 g/mol. The maximum absolute atomic E-state index is 12.7. The summed E-state index contributed by atoms with van der Waals surface area (Å²) in [7, 11) is 0. The van der Waals surface area contributed by atoms with Crippen LogP contribution in [0.3, 0.4) is 0 Å². The Morgan fingerprint density at radius 2 is 1.88 bits per heavy atom. The van der Waals surface area contributed by atoms with Crippen molar-refractivity contribution in [2.45, 2.75) is 23.9 Å². The molecule has 2 aromatic rings. The molecule has 0 N–H and O–H groups in total. The largest absolute Gasteiger partial charge is 0.414 e. The number of thioether (sulfide) groups is 1. The van der Waals surface area contributed by atoms with Crippen molar-refractivity contribution >= 4 is 75.6 Å². The topological polar surface area (TPSA) is 70.5 Å². The van der Waals surface area contributed by atoms with E-state index >= 15 is 0 Å². The molecule has 6 nitrogen and oxygen atoms in total. The van der Waals surface area contributed by atoms with Gasteiger partial charge in [-0.05, 0) is 43.1 Å². The van der Waals surface area contributed by atoms with Crippen LogP contribution in [0.5, 0.6) is 6.01 Å². The maximum atomic E-state index is 12.7. The Morgan fingerprint density at radius 1 is 1.19 bits per heavy atom. The molecule has 13 heteroatoms. The molecule has 0 unspecified atom stereocenters. The first-order chi connectivity index (χ1) is 12.5. The number of nitrogens with zero attached hydrogens (tertiary/aromatic N) is 2. The molecule has 1 aromatic carbocycles. The van der Waals surface area contributed by atoms with Gasteiger partial charge in [0.2, 0.25) is 0 Å². The summed E-state index contributed by atoms with van der Waals surface area (Å²) in [6.45, 7) is 4.36. The van der Waals surface area contributed by atoms with E-state index in [1.807, 2.05) is 6.07 Å². The minimum atomic E-state index is -3.33. The lowest BCUT2D eigenvalue weighted by Crippen LogP contribution is -1.91. The Morgan fingerprint density at radius 3 is 2.50 bits per heavy atom. The van der Waals surface area contributed by atoms with Gasteiger partial charge in [-0.2, -0.15) is 4.98 Å². The quantitative estimate of drug-likeness (QED) is 0.187. The molecule has 0 bridgehead atoms. The van der Waals surface area contributed by atoms with E-state index in [4.69, 9.17) is 36.1 Å². The molecule has 0 saturated carbocycles. The standard InChI is InChI=1S/C13H15Cl2N2O4PS4/c1-3-19-25-22(18,26-20-4-2)21-12-16-13(24-17-12)23-8-9-5-6-10(14)7-11(9)15/h5-7H,3-4,8H2,1-2H3. The van der Waals surface area contributed by atoms with Crippen molar-refractivity contribution in [1.29, 1.82) is 0 Å². The fourth-order valence-corrected chi connectivity index (χ4v) is 7.48. The highest BCUT2D eigenvalue weighted by atomic mass is 35.5. The summed E-state index contributed by atoms with van der Waals surface area (Å²) in [4.78, 5) is 4.24. The van der Waals surface area contributed by atoms with Gasteiger partial charge in [0.15, 0.2) is 4.34 Å². The predicted octanol–water partition coefficient (Wildman–Crippen LogP) is 6.99. The molecule has 0 atom stereocenters. The summed E-state index contributed by atoms with van der Waals surface area (Å²) >= 11 is 16.1. The maximum Gasteiger partial charge on any atom is 0.414 e. The summed E-state index contributed by atoms with van der Waals surface area (Å²) in [6.07, 6.45) is 0. The van der Waals surface area contributed by atoms with Crippen molar-refractivity contribution in [3.8, 4) is 6.01 Å². The SMILES string of the molecule is CCOSP(=O)(Oc1nsc(SCc2ccc(Cl)cc2Cl)n1)SOCC. The molecular formula is C13H15Cl2N2O4PS4. The number of hydrogen-bond donors (Lipinski definition) is 0. The highest BCUT2D eigenvalue weighted by molar-refractivity contribution is 8.87. The number of benzene rings is 1. The first kappa shape index (κ1) is 22.6. The summed E-state index contributed by atoms with van der Waals surface area (Å²) in [5.41, 5.74) is 0.934. The van der Waals surface area contributed by atoms with Crippen molar-refractivity contribution in [3.63, 3.8) is 0 Å². The number of halogens is 2. The van der Waals surface area contributed by atoms with E-state index in [2.05, 4.69) is 9.36 Å². The zero-order valence-corrected chi connectivity index (χ0v) is 19.4. The van der Waals surface area contributed by atoms with Crippen LogP contribution in [0.2, 0.25) is 10.0 Å². The van der Waals surface area contributed by atoms with Crippen LogP contribution in [0, 0.1) is 0 Å². The molecule has 2 rings (SSSR count). The highest BCUT2D eigenvalue weighted by Crippen LogP contribution is 2.69. The normalized spacial score (nSPS) is 11.7. The molecule has 0 spiro atoms. The molecule has 1 heterocycles. The summed E-state index contributed by atoms with van der Waals surface area (Å²) in [6, 6.07) is 5.37. The molecule has 0 amide bonds. The van der Waals surface area contributed by atoms with Gasteiger partial charge in [-0.25, -0.2) is 4.57 Å². The average molecular weight is 493 g/mol. The lowest BCUT2D eigenvalue weighted by atomic mass is 10.2. The second-order valence-electron chi connectivity index (χ2n) is 4.37. The first-order valence-electron chi connectivity index (χ1n) is 7.28. The Hall–Kier alpha value is 0.360. The van der Waals surface area contributed by atoms with Crippen molar-refractivity contribution in [2.75, 3.05) is 13.2 Å². The van der Waals surface area contributed by atoms with E-state index < -0.39 is 5.77 Å². The Kier molecular flexibility index (Phi) is 9.92. The minimum Gasteiger partial charge on any atom is -0.391 e. The molecule has 0 saturated heterocycles. The van der Waals surface area contributed by atoms with Crippen LogP contribution < -0.4 is 4.52 Å². The molecular weight excluding hydrogens is 478 g/mol.